The van der Waals surface area contributed by atoms with Crippen LogP contribution >= 0.6 is 23.1 Å². The molecular weight excluding hydrogens is 354 g/mol. The maximum absolute atomic E-state index is 12.8. The minimum Gasteiger partial charge on any atom is -0.293 e. The molecule has 1 heterocycles. The highest BCUT2D eigenvalue weighted by Crippen LogP contribution is 2.37. The molecule has 1 aliphatic carbocycles. The summed E-state index contributed by atoms with van der Waals surface area (Å²) in [5.41, 5.74) is 2.82. The van der Waals surface area contributed by atoms with Crippen LogP contribution < -0.4 is 4.90 Å². The van der Waals surface area contributed by atoms with Gasteiger partial charge in [0.1, 0.15) is 0 Å². The van der Waals surface area contributed by atoms with Gasteiger partial charge in [-0.2, -0.15) is 0 Å². The molecule has 0 aliphatic heterocycles. The zero-order chi connectivity index (χ0) is 18.1. The number of thioether (sulfide) groups is 1. The molecule has 5 nitrogen and oxygen atoms in total. The number of rotatable bonds is 6. The first kappa shape index (κ1) is 18.1. The summed E-state index contributed by atoms with van der Waals surface area (Å²) < 4.78 is 0.716. The quantitative estimate of drug-likeness (QED) is 0.433. The van der Waals surface area contributed by atoms with Gasteiger partial charge < -0.3 is 0 Å². The largest absolute Gasteiger partial charge is 0.293 e. The van der Waals surface area contributed by atoms with Gasteiger partial charge in [0.25, 0.3) is 0 Å². The Balaban J connectivity index is 1.73. The van der Waals surface area contributed by atoms with Crippen LogP contribution in [0.5, 0.6) is 0 Å². The van der Waals surface area contributed by atoms with Crippen molar-refractivity contribution >= 4 is 39.9 Å². The summed E-state index contributed by atoms with van der Waals surface area (Å²) in [5.74, 6) is 0.0864. The van der Waals surface area contributed by atoms with Crippen molar-refractivity contribution in [1.82, 2.24) is 10.2 Å². The maximum Gasteiger partial charge on any atom is 0.225 e. The third kappa shape index (κ3) is 4.10. The summed E-state index contributed by atoms with van der Waals surface area (Å²) in [5, 5.41) is 8.70. The van der Waals surface area contributed by atoms with Crippen LogP contribution in [0.3, 0.4) is 0 Å². The Morgan fingerprint density at radius 2 is 2.00 bits per heavy atom. The van der Waals surface area contributed by atoms with Crippen LogP contribution in [0.4, 0.5) is 5.13 Å². The summed E-state index contributed by atoms with van der Waals surface area (Å²) >= 11 is 2.78. The van der Waals surface area contributed by atoms with Crippen LogP contribution in [0, 0.1) is 13.8 Å². The van der Waals surface area contributed by atoms with Gasteiger partial charge in [-0.3, -0.25) is 14.5 Å². The van der Waals surface area contributed by atoms with Crippen molar-refractivity contribution in [2.45, 2.75) is 56.2 Å². The average Bonchev–Trinajstić information content (AvgIpc) is 3.28. The molecule has 1 saturated carbocycles. The number of carbonyl (C=O) groups is 2. The Hall–Kier alpha value is -1.73. The van der Waals surface area contributed by atoms with Gasteiger partial charge in [0.05, 0.1) is 5.25 Å². The highest BCUT2D eigenvalue weighted by Gasteiger charge is 2.34. The fourth-order valence-electron chi connectivity index (χ4n) is 2.65. The maximum atomic E-state index is 12.8. The Bertz CT molecular complexity index is 814. The van der Waals surface area contributed by atoms with E-state index >= 15 is 0 Å². The van der Waals surface area contributed by atoms with E-state index < -0.39 is 0 Å². The van der Waals surface area contributed by atoms with E-state index in [1.807, 2.05) is 39.0 Å². The van der Waals surface area contributed by atoms with Gasteiger partial charge in [0.2, 0.25) is 11.0 Å². The zero-order valence-electron chi connectivity index (χ0n) is 14.8. The zero-order valence-corrected chi connectivity index (χ0v) is 16.4. The molecule has 0 radical (unpaired) electrons. The summed E-state index contributed by atoms with van der Waals surface area (Å²) in [4.78, 5) is 26.3. The number of nitrogens with zero attached hydrogens (tertiary/aromatic N) is 3. The molecule has 132 valence electrons. The van der Waals surface area contributed by atoms with Crippen molar-refractivity contribution in [3.63, 3.8) is 0 Å². The second-order valence-electron chi connectivity index (χ2n) is 6.41. The van der Waals surface area contributed by atoms with E-state index in [-0.39, 0.29) is 23.0 Å². The highest BCUT2D eigenvalue weighted by molar-refractivity contribution is 8.02. The van der Waals surface area contributed by atoms with Crippen LogP contribution in [0.2, 0.25) is 0 Å². The molecule has 1 atom stereocenters. The van der Waals surface area contributed by atoms with E-state index in [1.165, 1.54) is 23.1 Å². The molecule has 1 aliphatic rings. The molecule has 1 fully saturated rings. The molecule has 1 unspecified atom stereocenters. The molecule has 0 spiro atoms. The molecule has 25 heavy (non-hydrogen) atoms. The lowest BCUT2D eigenvalue weighted by Gasteiger charge is -2.15. The molecular formula is C18H21N3O2S2. The van der Waals surface area contributed by atoms with Gasteiger partial charge in [0.15, 0.2) is 10.1 Å². The highest BCUT2D eigenvalue weighted by atomic mass is 32.2. The predicted octanol–water partition coefficient (Wildman–Crippen LogP) is 4.03. The number of hydrogen-bond acceptors (Lipinski definition) is 6. The molecule has 1 amide bonds. The third-order valence-electron chi connectivity index (χ3n) is 4.16. The van der Waals surface area contributed by atoms with Crippen molar-refractivity contribution < 1.29 is 9.59 Å². The number of hydrogen-bond donors (Lipinski definition) is 0. The van der Waals surface area contributed by atoms with Crippen LogP contribution in [-0.2, 0) is 4.79 Å². The van der Waals surface area contributed by atoms with E-state index in [4.69, 9.17) is 0 Å². The lowest BCUT2D eigenvalue weighted by molar-refractivity contribution is -0.116. The smallest absolute Gasteiger partial charge is 0.225 e. The van der Waals surface area contributed by atoms with E-state index in [0.29, 0.717) is 9.47 Å². The monoisotopic (exact) mass is 375 g/mol. The van der Waals surface area contributed by atoms with Gasteiger partial charge in [-0.15, -0.1) is 10.2 Å². The average molecular weight is 376 g/mol. The Labute approximate surface area is 155 Å². The lowest BCUT2D eigenvalue weighted by Crippen LogP contribution is -2.30. The van der Waals surface area contributed by atoms with Gasteiger partial charge >= 0.3 is 0 Å². The van der Waals surface area contributed by atoms with Gasteiger partial charge in [-0.05, 0) is 45.2 Å². The number of aryl methyl sites for hydroxylation is 2. The van der Waals surface area contributed by atoms with Crippen LogP contribution in [0.15, 0.2) is 22.5 Å². The number of anilines is 1. The van der Waals surface area contributed by atoms with Crippen LogP contribution in [0.25, 0.3) is 0 Å². The summed E-state index contributed by atoms with van der Waals surface area (Å²) in [6.45, 7) is 7.38. The molecule has 0 bridgehead atoms. The molecule has 2 aromatic rings. The fraction of sp³-hybridized carbons (Fsp3) is 0.444. The van der Waals surface area contributed by atoms with Crippen molar-refractivity contribution in [2.24, 2.45) is 0 Å². The topological polar surface area (TPSA) is 63.2 Å². The molecule has 3 rings (SSSR count). The molecule has 1 aromatic carbocycles. The number of carbonyl (C=O) groups excluding carboxylic acids is 2. The van der Waals surface area contributed by atoms with Gasteiger partial charge in [-0.25, -0.2) is 0 Å². The van der Waals surface area contributed by atoms with E-state index in [0.717, 1.165) is 29.5 Å². The Kier molecular flexibility index (Phi) is 5.24. The summed E-state index contributed by atoms with van der Waals surface area (Å²) in [6.07, 6.45) is 2.03. The number of amides is 1. The standard InChI is InChI=1S/C18H21N3O2S2/c1-10-5-6-11(2)15(9-10)16(23)12(3)24-18-20-19-17(25-18)21(13(4)22)14-7-8-14/h5-6,9,12,14H,7-8H2,1-4H3. The minimum atomic E-state index is -0.256. The van der Waals surface area contributed by atoms with E-state index in [2.05, 4.69) is 10.2 Å². The lowest BCUT2D eigenvalue weighted by atomic mass is 10.0. The van der Waals surface area contributed by atoms with E-state index in [9.17, 15) is 9.59 Å². The number of benzene rings is 1. The van der Waals surface area contributed by atoms with Gasteiger partial charge in [0, 0.05) is 18.5 Å². The molecule has 1 aromatic heterocycles. The first-order valence-electron chi connectivity index (χ1n) is 8.28. The van der Waals surface area contributed by atoms with Crippen molar-refractivity contribution in [3.8, 4) is 0 Å². The molecule has 0 saturated heterocycles. The van der Waals surface area contributed by atoms with Crippen LogP contribution in [-0.4, -0.2) is 33.2 Å². The van der Waals surface area contributed by atoms with Crippen molar-refractivity contribution in [2.75, 3.05) is 4.90 Å². The third-order valence-corrected chi connectivity index (χ3v) is 6.27. The summed E-state index contributed by atoms with van der Waals surface area (Å²) in [6, 6.07) is 6.18. The normalized spacial score (nSPS) is 15.0. The molecule has 0 N–H and O–H groups in total. The van der Waals surface area contributed by atoms with Crippen LogP contribution in [0.1, 0.15) is 48.2 Å². The predicted molar refractivity (Wildman–Crippen MR) is 102 cm³/mol. The van der Waals surface area contributed by atoms with Crippen molar-refractivity contribution in [3.05, 3.63) is 34.9 Å². The Morgan fingerprint density at radius 1 is 1.28 bits per heavy atom. The fourth-order valence-corrected chi connectivity index (χ4v) is 4.82. The minimum absolute atomic E-state index is 0.00490. The number of ketones is 1. The van der Waals surface area contributed by atoms with E-state index in [1.54, 1.807) is 11.8 Å². The second-order valence-corrected chi connectivity index (χ2v) is 8.96. The second kappa shape index (κ2) is 7.25. The first-order chi connectivity index (χ1) is 11.9. The Morgan fingerprint density at radius 3 is 2.64 bits per heavy atom. The van der Waals surface area contributed by atoms with Gasteiger partial charge in [-0.1, -0.05) is 40.8 Å². The first-order valence-corrected chi connectivity index (χ1v) is 9.98. The number of Topliss-reactive ketones (excluding diaryl/α,β-unsaturated/α-hetero) is 1. The SMILES string of the molecule is CC(=O)N(c1nnc(SC(C)C(=O)c2cc(C)ccc2C)s1)C1CC1. The molecule has 7 heteroatoms. The van der Waals surface area contributed by atoms with Crippen molar-refractivity contribution in [1.29, 1.82) is 0 Å². The summed E-state index contributed by atoms with van der Waals surface area (Å²) in [7, 11) is 0. The number of aromatic nitrogens is 2.